The van der Waals surface area contributed by atoms with Crippen molar-refractivity contribution in [2.45, 2.75) is 19.8 Å². The number of hydrogen-bond acceptors (Lipinski definition) is 4. The topological polar surface area (TPSA) is 70.7 Å². The van der Waals surface area contributed by atoms with Crippen LogP contribution in [0, 0.1) is 0 Å². The first-order valence-corrected chi connectivity index (χ1v) is 10.6. The van der Waals surface area contributed by atoms with Crippen LogP contribution in [0.3, 0.4) is 0 Å². The van der Waals surface area contributed by atoms with Gasteiger partial charge in [-0.1, -0.05) is 28.1 Å². The van der Waals surface area contributed by atoms with E-state index < -0.39 is 5.91 Å². The zero-order valence-corrected chi connectivity index (χ0v) is 18.4. The Morgan fingerprint density at radius 1 is 1.14 bits per heavy atom. The number of likely N-dealkylation sites (tertiary alicyclic amines) is 1. The molecule has 6 nitrogen and oxygen atoms in total. The molecule has 0 saturated carbocycles. The van der Waals surface area contributed by atoms with Gasteiger partial charge >= 0.3 is 0 Å². The number of anilines is 1. The second kappa shape index (κ2) is 9.84. The Bertz CT molecular complexity index is 929. The fraction of sp³-hybridized carbons (Fsp3) is 0.286. The van der Waals surface area contributed by atoms with Crippen molar-refractivity contribution in [3.8, 4) is 5.75 Å². The number of thiocarbonyl (C=S) groups is 1. The van der Waals surface area contributed by atoms with Crippen LogP contribution in [0.4, 0.5) is 5.69 Å². The SMILES string of the molecule is CCOc1ccc(Br)cc1C(=O)NC(=S)Nc1ccccc1C(=O)N1CCCC1. The van der Waals surface area contributed by atoms with Gasteiger partial charge in [0.2, 0.25) is 0 Å². The fourth-order valence-corrected chi connectivity index (χ4v) is 3.72. The first-order chi connectivity index (χ1) is 14.0. The second-order valence-corrected chi connectivity index (χ2v) is 7.85. The number of carbonyl (C=O) groups excluding carboxylic acids is 2. The Morgan fingerprint density at radius 2 is 1.86 bits per heavy atom. The third kappa shape index (κ3) is 5.33. The fourth-order valence-electron chi connectivity index (χ4n) is 3.15. The molecule has 2 aromatic rings. The van der Waals surface area contributed by atoms with Crippen molar-refractivity contribution in [3.63, 3.8) is 0 Å². The predicted molar refractivity (Wildman–Crippen MR) is 121 cm³/mol. The van der Waals surface area contributed by atoms with E-state index in [0.29, 0.717) is 29.2 Å². The number of rotatable bonds is 5. The summed E-state index contributed by atoms with van der Waals surface area (Å²) >= 11 is 8.68. The molecule has 1 aliphatic rings. The summed E-state index contributed by atoms with van der Waals surface area (Å²) in [5.41, 5.74) is 1.46. The molecule has 29 heavy (non-hydrogen) atoms. The second-order valence-electron chi connectivity index (χ2n) is 6.53. The molecule has 0 aromatic heterocycles. The normalized spacial score (nSPS) is 13.1. The molecule has 0 unspecified atom stereocenters. The number of hydrogen-bond donors (Lipinski definition) is 2. The van der Waals surface area contributed by atoms with E-state index in [1.165, 1.54) is 0 Å². The van der Waals surface area contributed by atoms with Crippen LogP contribution in [0.2, 0.25) is 0 Å². The van der Waals surface area contributed by atoms with Gasteiger partial charge in [-0.3, -0.25) is 14.9 Å². The average Bonchev–Trinajstić information content (AvgIpc) is 3.24. The van der Waals surface area contributed by atoms with Crippen molar-refractivity contribution < 1.29 is 14.3 Å². The zero-order valence-electron chi connectivity index (χ0n) is 16.0. The summed E-state index contributed by atoms with van der Waals surface area (Å²) in [5.74, 6) is 0.0431. The largest absolute Gasteiger partial charge is 0.493 e. The van der Waals surface area contributed by atoms with Crippen LogP contribution >= 0.6 is 28.1 Å². The minimum absolute atomic E-state index is 0.0367. The monoisotopic (exact) mass is 475 g/mol. The van der Waals surface area contributed by atoms with E-state index in [1.54, 1.807) is 30.3 Å². The van der Waals surface area contributed by atoms with Gasteiger partial charge in [0, 0.05) is 17.6 Å². The average molecular weight is 476 g/mol. The molecule has 1 aliphatic heterocycles. The quantitative estimate of drug-likeness (QED) is 0.633. The lowest BCUT2D eigenvalue weighted by Crippen LogP contribution is -2.35. The lowest BCUT2D eigenvalue weighted by atomic mass is 10.1. The standard InChI is InChI=1S/C21H22BrN3O3S/c1-2-28-18-10-9-14(22)13-16(18)19(26)24-21(29)23-17-8-4-3-7-15(17)20(27)25-11-5-6-12-25/h3-4,7-10,13H,2,5-6,11-12H2,1H3,(H2,23,24,26,29). The molecule has 1 saturated heterocycles. The van der Waals surface area contributed by atoms with E-state index in [4.69, 9.17) is 17.0 Å². The summed E-state index contributed by atoms with van der Waals surface area (Å²) in [4.78, 5) is 27.3. The highest BCUT2D eigenvalue weighted by Gasteiger charge is 2.22. The van der Waals surface area contributed by atoms with Crippen LogP contribution in [-0.4, -0.2) is 41.5 Å². The van der Waals surface area contributed by atoms with Crippen LogP contribution in [0.1, 0.15) is 40.5 Å². The molecule has 1 fully saturated rings. The van der Waals surface area contributed by atoms with Gasteiger partial charge in [0.15, 0.2) is 5.11 Å². The number of halogens is 1. The van der Waals surface area contributed by atoms with Gasteiger partial charge < -0.3 is 15.0 Å². The van der Waals surface area contributed by atoms with Gasteiger partial charge in [-0.05, 0) is 62.3 Å². The van der Waals surface area contributed by atoms with Crippen LogP contribution in [0.5, 0.6) is 5.75 Å². The number of nitrogens with one attached hydrogen (secondary N) is 2. The third-order valence-corrected chi connectivity index (χ3v) is 5.21. The van der Waals surface area contributed by atoms with Crippen molar-refractivity contribution in [2.24, 2.45) is 0 Å². The Hall–Kier alpha value is -2.45. The summed E-state index contributed by atoms with van der Waals surface area (Å²) < 4.78 is 6.28. The number of amides is 2. The maximum Gasteiger partial charge on any atom is 0.261 e. The van der Waals surface area contributed by atoms with Crippen molar-refractivity contribution in [3.05, 3.63) is 58.1 Å². The van der Waals surface area contributed by atoms with Crippen molar-refractivity contribution in [2.75, 3.05) is 25.0 Å². The molecule has 2 aromatic carbocycles. The van der Waals surface area contributed by atoms with E-state index in [2.05, 4.69) is 26.6 Å². The molecule has 2 N–H and O–H groups in total. The molecule has 0 spiro atoms. The van der Waals surface area contributed by atoms with Crippen molar-refractivity contribution in [1.29, 1.82) is 0 Å². The lowest BCUT2D eigenvalue weighted by molar-refractivity contribution is 0.0793. The molecule has 1 heterocycles. The van der Waals surface area contributed by atoms with Crippen LogP contribution in [-0.2, 0) is 0 Å². The van der Waals surface area contributed by atoms with Crippen molar-refractivity contribution in [1.82, 2.24) is 10.2 Å². The number of ether oxygens (including phenoxy) is 1. The highest BCUT2D eigenvalue weighted by molar-refractivity contribution is 9.10. The maximum absolute atomic E-state index is 12.8. The molecule has 0 radical (unpaired) electrons. The van der Waals surface area contributed by atoms with Gasteiger partial charge in [0.1, 0.15) is 5.75 Å². The summed E-state index contributed by atoms with van der Waals surface area (Å²) in [6, 6.07) is 12.4. The van der Waals surface area contributed by atoms with E-state index in [0.717, 1.165) is 30.4 Å². The minimum Gasteiger partial charge on any atom is -0.493 e. The third-order valence-electron chi connectivity index (χ3n) is 4.51. The minimum atomic E-state index is -0.393. The molecule has 8 heteroatoms. The van der Waals surface area contributed by atoms with E-state index in [9.17, 15) is 9.59 Å². The van der Waals surface area contributed by atoms with Gasteiger partial charge in [-0.15, -0.1) is 0 Å². The molecular weight excluding hydrogens is 454 g/mol. The molecule has 0 aliphatic carbocycles. The highest BCUT2D eigenvalue weighted by Crippen LogP contribution is 2.24. The Kier molecular flexibility index (Phi) is 7.22. The summed E-state index contributed by atoms with van der Waals surface area (Å²) in [6.45, 7) is 3.82. The Labute approximate surface area is 183 Å². The molecule has 0 atom stereocenters. The zero-order chi connectivity index (χ0) is 20.8. The van der Waals surface area contributed by atoms with Crippen LogP contribution < -0.4 is 15.4 Å². The number of nitrogens with zero attached hydrogens (tertiary/aromatic N) is 1. The van der Waals surface area contributed by atoms with E-state index in [1.807, 2.05) is 24.0 Å². The summed E-state index contributed by atoms with van der Waals surface area (Å²) in [7, 11) is 0. The smallest absolute Gasteiger partial charge is 0.261 e. The first kappa shape index (κ1) is 21.3. The van der Waals surface area contributed by atoms with Gasteiger partial charge in [0.05, 0.1) is 23.4 Å². The number of carbonyl (C=O) groups is 2. The number of benzene rings is 2. The summed E-state index contributed by atoms with van der Waals surface area (Å²) in [6.07, 6.45) is 2.04. The predicted octanol–water partition coefficient (Wildman–Crippen LogP) is 4.21. The van der Waals surface area contributed by atoms with E-state index in [-0.39, 0.29) is 11.0 Å². The van der Waals surface area contributed by atoms with Crippen molar-refractivity contribution >= 4 is 50.8 Å². The molecule has 152 valence electrons. The first-order valence-electron chi connectivity index (χ1n) is 9.42. The molecule has 2 amide bonds. The molecular formula is C21H22BrN3O3S. The van der Waals surface area contributed by atoms with Gasteiger partial charge in [-0.2, -0.15) is 0 Å². The molecule has 3 rings (SSSR count). The molecule has 0 bridgehead atoms. The highest BCUT2D eigenvalue weighted by atomic mass is 79.9. The Balaban J connectivity index is 1.72. The number of para-hydroxylation sites is 1. The van der Waals surface area contributed by atoms with Gasteiger partial charge in [-0.25, -0.2) is 0 Å². The lowest BCUT2D eigenvalue weighted by Gasteiger charge is -2.19. The maximum atomic E-state index is 12.8. The van der Waals surface area contributed by atoms with Crippen LogP contribution in [0.25, 0.3) is 0 Å². The Morgan fingerprint density at radius 3 is 2.59 bits per heavy atom. The van der Waals surface area contributed by atoms with E-state index >= 15 is 0 Å². The summed E-state index contributed by atoms with van der Waals surface area (Å²) in [5, 5.41) is 5.75. The van der Waals surface area contributed by atoms with Gasteiger partial charge in [0.25, 0.3) is 11.8 Å². The van der Waals surface area contributed by atoms with Crippen LogP contribution in [0.15, 0.2) is 46.9 Å².